The highest BCUT2D eigenvalue weighted by molar-refractivity contribution is 7.98. The molecule has 0 fully saturated rings. The van der Waals surface area contributed by atoms with Crippen LogP contribution in [0.3, 0.4) is 0 Å². The number of hydrogen-bond acceptors (Lipinski definition) is 4. The van der Waals surface area contributed by atoms with Crippen molar-refractivity contribution in [3.05, 3.63) is 74.3 Å². The third-order valence-electron chi connectivity index (χ3n) is 3.33. The van der Waals surface area contributed by atoms with E-state index in [-0.39, 0.29) is 22.2 Å². The SMILES string of the molecule is Cc1ccc(CSCCNC(=O)c2ccc([N+](=O)[O-])cc2Cl)cc1. The zero-order chi connectivity index (χ0) is 17.5. The van der Waals surface area contributed by atoms with Crippen LogP contribution in [0.2, 0.25) is 5.02 Å². The summed E-state index contributed by atoms with van der Waals surface area (Å²) in [5.74, 6) is 1.32. The minimum Gasteiger partial charge on any atom is -0.351 e. The first-order valence-electron chi connectivity index (χ1n) is 7.33. The second-order valence-electron chi connectivity index (χ2n) is 5.22. The van der Waals surface area contributed by atoms with Gasteiger partial charge in [-0.3, -0.25) is 14.9 Å². The van der Waals surface area contributed by atoms with Crippen molar-refractivity contribution < 1.29 is 9.72 Å². The van der Waals surface area contributed by atoms with Crippen LogP contribution < -0.4 is 5.32 Å². The monoisotopic (exact) mass is 364 g/mol. The molecule has 2 rings (SSSR count). The van der Waals surface area contributed by atoms with Gasteiger partial charge in [-0.1, -0.05) is 41.4 Å². The Morgan fingerprint density at radius 1 is 1.25 bits per heavy atom. The molecular formula is C17H17ClN2O3S. The van der Waals surface area contributed by atoms with E-state index in [4.69, 9.17) is 11.6 Å². The van der Waals surface area contributed by atoms with E-state index < -0.39 is 4.92 Å². The second kappa shape index (κ2) is 8.70. The standard InChI is InChI=1S/C17H17ClN2O3S/c1-12-2-4-13(5-3-12)11-24-9-8-19-17(21)15-7-6-14(20(22)23)10-16(15)18/h2-7,10H,8-9,11H2,1H3,(H,19,21). The van der Waals surface area contributed by atoms with Gasteiger partial charge in [-0.15, -0.1) is 0 Å². The predicted octanol–water partition coefficient (Wildman–Crippen LogP) is 4.22. The van der Waals surface area contributed by atoms with Crippen molar-refractivity contribution in [3.8, 4) is 0 Å². The number of nitro groups is 1. The lowest BCUT2D eigenvalue weighted by Crippen LogP contribution is -2.26. The smallest absolute Gasteiger partial charge is 0.270 e. The molecule has 7 heteroatoms. The summed E-state index contributed by atoms with van der Waals surface area (Å²) in [5.41, 5.74) is 2.59. The molecule has 0 aliphatic heterocycles. The number of carbonyl (C=O) groups is 1. The second-order valence-corrected chi connectivity index (χ2v) is 6.73. The summed E-state index contributed by atoms with van der Waals surface area (Å²) in [6, 6.07) is 12.2. The number of nitro benzene ring substituents is 1. The van der Waals surface area contributed by atoms with E-state index >= 15 is 0 Å². The largest absolute Gasteiger partial charge is 0.351 e. The number of carbonyl (C=O) groups excluding carboxylic acids is 1. The topological polar surface area (TPSA) is 72.2 Å². The summed E-state index contributed by atoms with van der Waals surface area (Å²) in [7, 11) is 0. The molecule has 0 heterocycles. The molecule has 126 valence electrons. The van der Waals surface area contributed by atoms with Gasteiger partial charge in [0, 0.05) is 30.2 Å². The molecular weight excluding hydrogens is 348 g/mol. The Labute approximate surface area is 149 Å². The number of rotatable bonds is 7. The van der Waals surface area contributed by atoms with E-state index in [1.807, 2.05) is 0 Å². The van der Waals surface area contributed by atoms with Crippen LogP contribution in [0.15, 0.2) is 42.5 Å². The van der Waals surface area contributed by atoms with Crippen LogP contribution in [0, 0.1) is 17.0 Å². The molecule has 0 aliphatic rings. The number of thioether (sulfide) groups is 1. The average molecular weight is 365 g/mol. The summed E-state index contributed by atoms with van der Waals surface area (Å²) < 4.78 is 0. The Bertz CT molecular complexity index is 735. The van der Waals surface area contributed by atoms with Crippen LogP contribution in [0.1, 0.15) is 21.5 Å². The summed E-state index contributed by atoms with van der Waals surface area (Å²) in [6.07, 6.45) is 0. The number of aryl methyl sites for hydroxylation is 1. The molecule has 0 bridgehead atoms. The minimum absolute atomic E-state index is 0.0778. The third-order valence-corrected chi connectivity index (χ3v) is 4.67. The Kier molecular flexibility index (Phi) is 6.63. The van der Waals surface area contributed by atoms with Crippen LogP contribution in [0.25, 0.3) is 0 Å². The lowest BCUT2D eigenvalue weighted by Gasteiger charge is -2.07. The van der Waals surface area contributed by atoms with Gasteiger partial charge in [-0.25, -0.2) is 0 Å². The maximum Gasteiger partial charge on any atom is 0.270 e. The van der Waals surface area contributed by atoms with Crippen molar-refractivity contribution in [1.29, 1.82) is 0 Å². The fraction of sp³-hybridized carbons (Fsp3) is 0.235. The van der Waals surface area contributed by atoms with Crippen LogP contribution in [-0.2, 0) is 5.75 Å². The van der Waals surface area contributed by atoms with Gasteiger partial charge >= 0.3 is 0 Å². The highest BCUT2D eigenvalue weighted by Crippen LogP contribution is 2.22. The van der Waals surface area contributed by atoms with Gasteiger partial charge in [-0.2, -0.15) is 11.8 Å². The van der Waals surface area contributed by atoms with Gasteiger partial charge in [0.2, 0.25) is 0 Å². The van der Waals surface area contributed by atoms with Gasteiger partial charge in [0.05, 0.1) is 15.5 Å². The molecule has 0 saturated carbocycles. The normalized spacial score (nSPS) is 10.4. The summed E-state index contributed by atoms with van der Waals surface area (Å²) in [6.45, 7) is 2.55. The van der Waals surface area contributed by atoms with Gasteiger partial charge in [0.1, 0.15) is 0 Å². The number of nitrogens with zero attached hydrogens (tertiary/aromatic N) is 1. The van der Waals surface area contributed by atoms with Crippen molar-refractivity contribution in [3.63, 3.8) is 0 Å². The van der Waals surface area contributed by atoms with Gasteiger partial charge < -0.3 is 5.32 Å². The van der Waals surface area contributed by atoms with E-state index in [1.54, 1.807) is 11.8 Å². The zero-order valence-electron chi connectivity index (χ0n) is 13.1. The predicted molar refractivity (Wildman–Crippen MR) is 97.8 cm³/mol. The fourth-order valence-corrected chi connectivity index (χ4v) is 3.09. The summed E-state index contributed by atoms with van der Waals surface area (Å²) in [5, 5.41) is 13.5. The fourth-order valence-electron chi connectivity index (χ4n) is 2.01. The number of non-ortho nitro benzene ring substituents is 1. The first kappa shape index (κ1) is 18.3. The molecule has 2 aromatic carbocycles. The van der Waals surface area contributed by atoms with Crippen LogP contribution in [0.5, 0.6) is 0 Å². The first-order valence-corrected chi connectivity index (χ1v) is 8.86. The highest BCUT2D eigenvalue weighted by atomic mass is 35.5. The van der Waals surface area contributed by atoms with E-state index in [1.165, 1.54) is 29.3 Å². The minimum atomic E-state index is -0.546. The Balaban J connectivity index is 1.77. The molecule has 1 amide bonds. The van der Waals surface area contributed by atoms with Crippen LogP contribution >= 0.6 is 23.4 Å². The van der Waals surface area contributed by atoms with E-state index in [0.717, 1.165) is 11.5 Å². The lowest BCUT2D eigenvalue weighted by molar-refractivity contribution is -0.384. The maximum absolute atomic E-state index is 12.0. The van der Waals surface area contributed by atoms with Crippen LogP contribution in [-0.4, -0.2) is 23.1 Å². The first-order chi connectivity index (χ1) is 11.5. The molecule has 0 aromatic heterocycles. The zero-order valence-corrected chi connectivity index (χ0v) is 14.7. The molecule has 1 N–H and O–H groups in total. The molecule has 0 spiro atoms. The van der Waals surface area contributed by atoms with Crippen molar-refractivity contribution in [2.45, 2.75) is 12.7 Å². The highest BCUT2D eigenvalue weighted by Gasteiger charge is 2.14. The summed E-state index contributed by atoms with van der Waals surface area (Å²) in [4.78, 5) is 22.2. The molecule has 0 radical (unpaired) electrons. The van der Waals surface area contributed by atoms with Crippen LogP contribution in [0.4, 0.5) is 5.69 Å². The third kappa shape index (κ3) is 5.25. The average Bonchev–Trinajstić information content (AvgIpc) is 2.55. The van der Waals surface area contributed by atoms with E-state index in [2.05, 4.69) is 36.5 Å². The van der Waals surface area contributed by atoms with E-state index in [9.17, 15) is 14.9 Å². The Morgan fingerprint density at radius 3 is 2.58 bits per heavy atom. The molecule has 0 saturated heterocycles. The lowest BCUT2D eigenvalue weighted by atomic mass is 10.2. The maximum atomic E-state index is 12.0. The number of amides is 1. The van der Waals surface area contributed by atoms with Crippen molar-refractivity contribution >= 4 is 35.0 Å². The van der Waals surface area contributed by atoms with Crippen molar-refractivity contribution in [2.75, 3.05) is 12.3 Å². The van der Waals surface area contributed by atoms with Gasteiger partial charge in [0.25, 0.3) is 11.6 Å². The number of halogens is 1. The number of nitrogens with one attached hydrogen (secondary N) is 1. The van der Waals surface area contributed by atoms with Gasteiger partial charge in [-0.05, 0) is 18.6 Å². The molecule has 0 unspecified atom stereocenters. The molecule has 0 atom stereocenters. The Morgan fingerprint density at radius 2 is 1.96 bits per heavy atom. The van der Waals surface area contributed by atoms with Gasteiger partial charge in [0.15, 0.2) is 0 Å². The molecule has 0 aliphatic carbocycles. The molecule has 5 nitrogen and oxygen atoms in total. The quantitative estimate of drug-likeness (QED) is 0.453. The van der Waals surface area contributed by atoms with E-state index in [0.29, 0.717) is 6.54 Å². The van der Waals surface area contributed by atoms with Crippen molar-refractivity contribution in [2.24, 2.45) is 0 Å². The number of benzene rings is 2. The summed E-state index contributed by atoms with van der Waals surface area (Å²) >= 11 is 7.65. The Hall–Kier alpha value is -2.05. The number of hydrogen-bond donors (Lipinski definition) is 1. The molecule has 2 aromatic rings. The van der Waals surface area contributed by atoms with Crippen molar-refractivity contribution in [1.82, 2.24) is 5.32 Å². The molecule has 24 heavy (non-hydrogen) atoms.